The summed E-state index contributed by atoms with van der Waals surface area (Å²) < 4.78 is 13.7. The second-order valence-corrected chi connectivity index (χ2v) is 10.2. The molecular formula is C33H32O4. The van der Waals surface area contributed by atoms with Crippen LogP contribution in [0.5, 0.6) is 0 Å². The molecule has 0 radical (unpaired) electrons. The molecule has 2 aliphatic rings. The molecule has 37 heavy (non-hydrogen) atoms. The Morgan fingerprint density at radius 3 is 1.16 bits per heavy atom. The van der Waals surface area contributed by atoms with Crippen LogP contribution in [0.3, 0.4) is 0 Å². The Morgan fingerprint density at radius 2 is 0.838 bits per heavy atom. The lowest BCUT2D eigenvalue weighted by Crippen LogP contribution is -2.67. The first-order valence-corrected chi connectivity index (χ1v) is 13.1. The van der Waals surface area contributed by atoms with E-state index in [-0.39, 0.29) is 6.61 Å². The molecule has 0 atom stereocenters. The lowest BCUT2D eigenvalue weighted by atomic mass is 9.61. The smallest absolute Gasteiger partial charge is 0.169 e. The van der Waals surface area contributed by atoms with Crippen LogP contribution in [-0.4, -0.2) is 28.2 Å². The summed E-state index contributed by atoms with van der Waals surface area (Å²) in [4.78, 5) is 0. The van der Waals surface area contributed by atoms with Gasteiger partial charge in [-0.15, -0.1) is 0 Å². The number of hydrogen-bond donors (Lipinski definition) is 2. The first kappa shape index (κ1) is 24.1. The summed E-state index contributed by atoms with van der Waals surface area (Å²) in [6, 6.07) is 38.1. The fourth-order valence-corrected chi connectivity index (χ4v) is 6.37. The van der Waals surface area contributed by atoms with Crippen molar-refractivity contribution in [2.24, 2.45) is 0 Å². The Kier molecular flexibility index (Phi) is 6.01. The molecule has 4 nitrogen and oxygen atoms in total. The monoisotopic (exact) mass is 492 g/mol. The van der Waals surface area contributed by atoms with Gasteiger partial charge in [-0.25, -0.2) is 0 Å². The molecule has 4 aromatic rings. The number of rotatable bonds is 6. The van der Waals surface area contributed by atoms with E-state index >= 15 is 0 Å². The van der Waals surface area contributed by atoms with Gasteiger partial charge in [-0.2, -0.15) is 0 Å². The third kappa shape index (κ3) is 3.59. The zero-order valence-electron chi connectivity index (χ0n) is 20.8. The molecule has 0 bridgehead atoms. The van der Waals surface area contributed by atoms with E-state index in [1.165, 1.54) is 0 Å². The van der Waals surface area contributed by atoms with Gasteiger partial charge in [0.25, 0.3) is 0 Å². The standard InChI is InChI=1S/C33H32O4/c34-32(26-15-5-1-6-16-26,27-17-7-2-8-18-27)31(25-36-30(37-31)23-13-14-24-30)33(35,28-19-9-3-10-20-28)29-21-11-4-12-22-29/h1-12,15-22,34-35H,13-14,23-25H2. The fourth-order valence-electron chi connectivity index (χ4n) is 6.37. The van der Waals surface area contributed by atoms with Crippen LogP contribution in [0.15, 0.2) is 121 Å². The first-order valence-electron chi connectivity index (χ1n) is 13.1. The number of aliphatic hydroxyl groups is 2. The van der Waals surface area contributed by atoms with Crippen molar-refractivity contribution in [3.8, 4) is 0 Å². The van der Waals surface area contributed by atoms with E-state index in [0.717, 1.165) is 12.8 Å². The average Bonchev–Trinajstić information content (AvgIpc) is 3.61. The van der Waals surface area contributed by atoms with Gasteiger partial charge in [0.05, 0.1) is 6.61 Å². The lowest BCUT2D eigenvalue weighted by Gasteiger charge is -2.53. The van der Waals surface area contributed by atoms with Crippen LogP contribution in [-0.2, 0) is 20.7 Å². The minimum absolute atomic E-state index is 0.00752. The SMILES string of the molecule is OC(c1ccccc1)(c1ccccc1)C1(C(O)(c2ccccc2)c2ccccc2)COC2(CCCC2)O1. The van der Waals surface area contributed by atoms with Gasteiger partial charge in [0.2, 0.25) is 0 Å². The molecular weight excluding hydrogens is 460 g/mol. The van der Waals surface area contributed by atoms with Crippen molar-refractivity contribution in [1.82, 2.24) is 0 Å². The molecule has 4 heteroatoms. The summed E-state index contributed by atoms with van der Waals surface area (Å²) >= 11 is 0. The van der Waals surface area contributed by atoms with E-state index in [1.807, 2.05) is 121 Å². The highest BCUT2D eigenvalue weighted by molar-refractivity contribution is 5.50. The Morgan fingerprint density at radius 1 is 0.514 bits per heavy atom. The van der Waals surface area contributed by atoms with Gasteiger partial charge in [-0.3, -0.25) is 0 Å². The molecule has 1 aliphatic carbocycles. The maximum atomic E-state index is 13.2. The highest BCUT2D eigenvalue weighted by atomic mass is 16.8. The van der Waals surface area contributed by atoms with Crippen molar-refractivity contribution < 1.29 is 19.7 Å². The van der Waals surface area contributed by atoms with Crippen molar-refractivity contribution in [2.45, 2.75) is 48.3 Å². The van der Waals surface area contributed by atoms with Crippen LogP contribution in [0.2, 0.25) is 0 Å². The third-order valence-electron chi connectivity index (χ3n) is 8.20. The van der Waals surface area contributed by atoms with Gasteiger partial charge in [0.15, 0.2) is 11.4 Å². The molecule has 2 fully saturated rings. The second-order valence-electron chi connectivity index (χ2n) is 10.2. The summed E-state index contributed by atoms with van der Waals surface area (Å²) in [5.41, 5.74) is -2.62. The van der Waals surface area contributed by atoms with Crippen LogP contribution in [0.1, 0.15) is 47.9 Å². The summed E-state index contributed by atoms with van der Waals surface area (Å²) in [5.74, 6) is -0.866. The molecule has 0 unspecified atom stereocenters. The molecule has 2 N–H and O–H groups in total. The highest BCUT2D eigenvalue weighted by Gasteiger charge is 2.72. The molecule has 0 amide bonds. The first-order chi connectivity index (χ1) is 18.0. The predicted molar refractivity (Wildman–Crippen MR) is 143 cm³/mol. The Balaban J connectivity index is 1.71. The summed E-state index contributed by atoms with van der Waals surface area (Å²) in [6.07, 6.45) is 3.38. The van der Waals surface area contributed by atoms with Crippen molar-refractivity contribution in [3.63, 3.8) is 0 Å². The predicted octanol–water partition coefficient (Wildman–Crippen LogP) is 5.91. The van der Waals surface area contributed by atoms with E-state index in [1.54, 1.807) is 0 Å². The maximum Gasteiger partial charge on any atom is 0.169 e. The van der Waals surface area contributed by atoms with Crippen LogP contribution in [0.25, 0.3) is 0 Å². The molecule has 0 aromatic heterocycles. The zero-order valence-corrected chi connectivity index (χ0v) is 20.8. The minimum Gasteiger partial charge on any atom is -0.377 e. The van der Waals surface area contributed by atoms with E-state index in [0.29, 0.717) is 35.1 Å². The maximum absolute atomic E-state index is 13.2. The van der Waals surface area contributed by atoms with Crippen molar-refractivity contribution in [1.29, 1.82) is 0 Å². The molecule has 6 rings (SSSR count). The van der Waals surface area contributed by atoms with Crippen molar-refractivity contribution in [3.05, 3.63) is 144 Å². The summed E-state index contributed by atoms with van der Waals surface area (Å²) in [6.45, 7) is 0.00752. The largest absolute Gasteiger partial charge is 0.377 e. The van der Waals surface area contributed by atoms with Gasteiger partial charge in [-0.05, 0) is 35.1 Å². The van der Waals surface area contributed by atoms with Crippen molar-refractivity contribution >= 4 is 0 Å². The highest BCUT2D eigenvalue weighted by Crippen LogP contribution is 2.60. The Hall–Kier alpha value is -3.28. The molecule has 188 valence electrons. The van der Waals surface area contributed by atoms with E-state index in [4.69, 9.17) is 9.47 Å². The number of ether oxygens (including phenoxy) is 2. The minimum atomic E-state index is -1.76. The van der Waals surface area contributed by atoms with Crippen LogP contribution >= 0.6 is 0 Å². The van der Waals surface area contributed by atoms with Crippen molar-refractivity contribution in [2.75, 3.05) is 6.61 Å². The van der Waals surface area contributed by atoms with E-state index in [9.17, 15) is 10.2 Å². The van der Waals surface area contributed by atoms with E-state index in [2.05, 4.69) is 0 Å². The van der Waals surface area contributed by atoms with Gasteiger partial charge in [-0.1, -0.05) is 121 Å². The van der Waals surface area contributed by atoms with Crippen LogP contribution in [0, 0.1) is 0 Å². The molecule has 1 heterocycles. The Labute approximate surface area is 218 Å². The quantitative estimate of drug-likeness (QED) is 0.351. The topological polar surface area (TPSA) is 58.9 Å². The molecule has 4 aromatic carbocycles. The zero-order chi connectivity index (χ0) is 25.4. The second kappa shape index (κ2) is 9.23. The van der Waals surface area contributed by atoms with Gasteiger partial charge < -0.3 is 19.7 Å². The van der Waals surface area contributed by atoms with Crippen LogP contribution in [0.4, 0.5) is 0 Å². The molecule has 1 saturated heterocycles. The Bertz CT molecular complexity index is 1150. The normalized spacial score (nSPS) is 18.8. The summed E-state index contributed by atoms with van der Waals surface area (Å²) in [5, 5.41) is 26.5. The average molecular weight is 493 g/mol. The fraction of sp³-hybridized carbons (Fsp3) is 0.273. The third-order valence-corrected chi connectivity index (χ3v) is 8.20. The summed E-state index contributed by atoms with van der Waals surface area (Å²) in [7, 11) is 0. The number of benzene rings is 4. The number of hydrogen-bond acceptors (Lipinski definition) is 4. The van der Waals surface area contributed by atoms with E-state index < -0.39 is 22.6 Å². The van der Waals surface area contributed by atoms with Gasteiger partial charge in [0.1, 0.15) is 11.2 Å². The molecule has 1 spiro atoms. The molecule has 1 aliphatic heterocycles. The van der Waals surface area contributed by atoms with Crippen LogP contribution < -0.4 is 0 Å². The van der Waals surface area contributed by atoms with Gasteiger partial charge in [0, 0.05) is 12.8 Å². The molecule has 1 saturated carbocycles. The lowest BCUT2D eigenvalue weighted by molar-refractivity contribution is -0.272. The van der Waals surface area contributed by atoms with Gasteiger partial charge >= 0.3 is 0 Å².